The lowest BCUT2D eigenvalue weighted by atomic mass is 9.79. The first kappa shape index (κ1) is 27.0. The van der Waals surface area contributed by atoms with Crippen molar-refractivity contribution in [1.29, 1.82) is 0 Å². The number of para-hydroxylation sites is 1. The summed E-state index contributed by atoms with van der Waals surface area (Å²) >= 11 is 0. The van der Waals surface area contributed by atoms with E-state index in [0.29, 0.717) is 17.8 Å². The van der Waals surface area contributed by atoms with Crippen molar-refractivity contribution >= 4 is 23.1 Å². The van der Waals surface area contributed by atoms with E-state index in [1.807, 2.05) is 54.6 Å². The Morgan fingerprint density at radius 3 is 2.38 bits per heavy atom. The Morgan fingerprint density at radius 2 is 1.62 bits per heavy atom. The summed E-state index contributed by atoms with van der Waals surface area (Å²) in [6.45, 7) is 5.42. The number of nitrogens with two attached hydrogens (primary N) is 1. The van der Waals surface area contributed by atoms with Gasteiger partial charge in [-0.15, -0.1) is 0 Å². The Bertz CT molecular complexity index is 1510. The number of likely N-dealkylation sites (tertiary alicyclic amines) is 2. The fourth-order valence-electron chi connectivity index (χ4n) is 7.15. The van der Waals surface area contributed by atoms with E-state index >= 15 is 0 Å². The second kappa shape index (κ2) is 11.8. The van der Waals surface area contributed by atoms with Crippen LogP contribution in [-0.2, 0) is 4.79 Å². The lowest BCUT2D eigenvalue weighted by Crippen LogP contribution is -2.61. The summed E-state index contributed by atoms with van der Waals surface area (Å²) < 4.78 is 8.07. The number of benzene rings is 2. The number of anilines is 1. The molecule has 2 N–H and O–H groups in total. The number of ether oxygens (including phenoxy) is 1. The fourth-order valence-corrected chi connectivity index (χ4v) is 7.15. The smallest absolute Gasteiger partial charge is 0.164 e. The molecule has 0 bridgehead atoms. The lowest BCUT2D eigenvalue weighted by Gasteiger charge is -2.49. The van der Waals surface area contributed by atoms with Crippen LogP contribution in [0.15, 0.2) is 60.9 Å². The molecule has 1 saturated carbocycles. The number of nitrogen functional groups attached to an aromatic ring is 1. The largest absolute Gasteiger partial charge is 0.457 e. The first-order valence-electron chi connectivity index (χ1n) is 15.4. The molecule has 2 saturated heterocycles. The van der Waals surface area contributed by atoms with E-state index in [4.69, 9.17) is 15.6 Å². The standard InChI is InChI=1S/C33H39N7O2/c34-32-30-31(23-10-12-29(13-11-23)42-28-8-2-1-3-9-28)37-40(33(30)36-22-35-32)26-14-16-39(17-15-26)27-19-38(20-27)18-24-6-4-5-7-25(24)21-41/h1-3,8-13,21-22,24-27H,4-7,14-20H2,(H2,34,35,36)/t24-,25-/m0/s1. The van der Waals surface area contributed by atoms with E-state index in [9.17, 15) is 4.79 Å². The molecule has 0 spiro atoms. The lowest BCUT2D eigenvalue weighted by molar-refractivity contribution is -0.114. The number of carbonyl (C=O) groups excluding carboxylic acids is 1. The van der Waals surface area contributed by atoms with Crippen molar-refractivity contribution in [2.45, 2.75) is 50.6 Å². The van der Waals surface area contributed by atoms with Gasteiger partial charge in [0.05, 0.1) is 11.4 Å². The molecule has 2 aromatic heterocycles. The average molecular weight is 566 g/mol. The summed E-state index contributed by atoms with van der Waals surface area (Å²) in [5.74, 6) is 2.83. The van der Waals surface area contributed by atoms with Crippen molar-refractivity contribution in [3.63, 3.8) is 0 Å². The second-order valence-electron chi connectivity index (χ2n) is 12.2. The Hall–Kier alpha value is -3.82. The van der Waals surface area contributed by atoms with Gasteiger partial charge in [0, 0.05) is 50.2 Å². The van der Waals surface area contributed by atoms with Crippen LogP contribution in [0.5, 0.6) is 11.5 Å². The van der Waals surface area contributed by atoms with Gasteiger partial charge in [-0.05, 0) is 68.0 Å². The van der Waals surface area contributed by atoms with Gasteiger partial charge in [-0.3, -0.25) is 9.80 Å². The fraction of sp³-hybridized carbons (Fsp3) is 0.455. The number of hydrogen-bond donors (Lipinski definition) is 1. The predicted molar refractivity (Wildman–Crippen MR) is 163 cm³/mol. The number of aromatic nitrogens is 4. The molecule has 3 aliphatic rings. The minimum Gasteiger partial charge on any atom is -0.457 e. The molecule has 218 valence electrons. The molecule has 4 aromatic rings. The molecular weight excluding hydrogens is 526 g/mol. The van der Waals surface area contributed by atoms with Gasteiger partial charge in [0.25, 0.3) is 0 Å². The second-order valence-corrected chi connectivity index (χ2v) is 12.2. The highest BCUT2D eigenvalue weighted by molar-refractivity contribution is 5.98. The third-order valence-corrected chi connectivity index (χ3v) is 9.56. The van der Waals surface area contributed by atoms with E-state index in [-0.39, 0.29) is 12.0 Å². The van der Waals surface area contributed by atoms with Crippen molar-refractivity contribution in [1.82, 2.24) is 29.5 Å². The Kier molecular flexibility index (Phi) is 7.61. The maximum Gasteiger partial charge on any atom is 0.164 e. The molecule has 0 amide bonds. The number of aldehydes is 1. The zero-order valence-electron chi connectivity index (χ0n) is 24.0. The van der Waals surface area contributed by atoms with Gasteiger partial charge in [-0.2, -0.15) is 5.10 Å². The summed E-state index contributed by atoms with van der Waals surface area (Å²) in [5, 5.41) is 5.90. The van der Waals surface area contributed by atoms with Crippen LogP contribution in [0.25, 0.3) is 22.3 Å². The maximum absolute atomic E-state index is 11.5. The summed E-state index contributed by atoms with van der Waals surface area (Å²) in [7, 11) is 0. The van der Waals surface area contributed by atoms with Crippen LogP contribution in [0.1, 0.15) is 44.6 Å². The first-order valence-corrected chi connectivity index (χ1v) is 15.4. The van der Waals surface area contributed by atoms with Gasteiger partial charge < -0.3 is 15.3 Å². The van der Waals surface area contributed by atoms with Crippen molar-refractivity contribution in [3.05, 3.63) is 60.9 Å². The molecule has 0 radical (unpaired) electrons. The molecule has 42 heavy (non-hydrogen) atoms. The van der Waals surface area contributed by atoms with Crippen LogP contribution in [0.3, 0.4) is 0 Å². The molecule has 4 heterocycles. The first-order chi connectivity index (χ1) is 20.7. The van der Waals surface area contributed by atoms with E-state index in [1.54, 1.807) is 0 Å². The minimum atomic E-state index is 0.263. The Balaban J connectivity index is 1.01. The third kappa shape index (κ3) is 5.39. The Morgan fingerprint density at radius 1 is 0.881 bits per heavy atom. The number of carbonyl (C=O) groups is 1. The summed E-state index contributed by atoms with van der Waals surface area (Å²) in [4.78, 5) is 25.7. The molecule has 9 nitrogen and oxygen atoms in total. The average Bonchev–Trinajstić information content (AvgIpc) is 3.41. The van der Waals surface area contributed by atoms with E-state index < -0.39 is 0 Å². The number of nitrogens with zero attached hydrogens (tertiary/aromatic N) is 6. The zero-order valence-corrected chi connectivity index (χ0v) is 24.0. The van der Waals surface area contributed by atoms with Crippen LogP contribution in [0.2, 0.25) is 0 Å². The molecule has 1 aliphatic carbocycles. The van der Waals surface area contributed by atoms with Crippen molar-refractivity contribution in [2.75, 3.05) is 38.5 Å². The molecule has 2 aliphatic heterocycles. The van der Waals surface area contributed by atoms with Gasteiger partial charge in [0.15, 0.2) is 5.65 Å². The molecular formula is C33H39N7O2. The molecule has 9 heteroatoms. The molecule has 7 rings (SSSR count). The maximum atomic E-state index is 11.5. The van der Waals surface area contributed by atoms with E-state index in [1.165, 1.54) is 31.9 Å². The summed E-state index contributed by atoms with van der Waals surface area (Å²) in [6.07, 6.45) is 9.56. The molecule has 2 atom stereocenters. The van der Waals surface area contributed by atoms with Gasteiger partial charge >= 0.3 is 0 Å². The van der Waals surface area contributed by atoms with Crippen molar-refractivity contribution in [3.8, 4) is 22.8 Å². The van der Waals surface area contributed by atoms with Crippen LogP contribution in [0.4, 0.5) is 5.82 Å². The van der Waals surface area contributed by atoms with E-state index in [0.717, 1.165) is 85.8 Å². The highest BCUT2D eigenvalue weighted by Crippen LogP contribution is 2.36. The quantitative estimate of drug-likeness (QED) is 0.291. The predicted octanol–water partition coefficient (Wildman–Crippen LogP) is 5.19. The number of rotatable bonds is 8. The molecule has 2 aromatic carbocycles. The molecule has 0 unspecified atom stereocenters. The van der Waals surface area contributed by atoms with Crippen molar-refractivity contribution in [2.24, 2.45) is 11.8 Å². The number of fused-ring (bicyclic) bond motifs is 1. The van der Waals surface area contributed by atoms with Gasteiger partial charge in [-0.1, -0.05) is 31.0 Å². The Labute approximate surface area is 246 Å². The van der Waals surface area contributed by atoms with Gasteiger partial charge in [0.1, 0.15) is 35.6 Å². The SMILES string of the molecule is Nc1ncnc2c1c(-c1ccc(Oc3ccccc3)cc1)nn2C1CCN(C2CN(C[C@@H]3CCCC[C@H]3C=O)C2)CC1. The monoisotopic (exact) mass is 565 g/mol. The van der Waals surface area contributed by atoms with Crippen LogP contribution in [-0.4, -0.2) is 74.6 Å². The zero-order chi connectivity index (χ0) is 28.5. The van der Waals surface area contributed by atoms with Gasteiger partial charge in [-0.25, -0.2) is 14.6 Å². The van der Waals surface area contributed by atoms with Crippen LogP contribution >= 0.6 is 0 Å². The number of hydrogen-bond acceptors (Lipinski definition) is 8. The van der Waals surface area contributed by atoms with Crippen LogP contribution < -0.4 is 10.5 Å². The highest BCUT2D eigenvalue weighted by atomic mass is 16.5. The van der Waals surface area contributed by atoms with Crippen LogP contribution in [0, 0.1) is 11.8 Å². The summed E-state index contributed by atoms with van der Waals surface area (Å²) in [6, 6.07) is 18.6. The van der Waals surface area contributed by atoms with Gasteiger partial charge in [0.2, 0.25) is 0 Å². The minimum absolute atomic E-state index is 0.263. The highest BCUT2D eigenvalue weighted by Gasteiger charge is 2.37. The van der Waals surface area contributed by atoms with Crippen molar-refractivity contribution < 1.29 is 9.53 Å². The summed E-state index contributed by atoms with van der Waals surface area (Å²) in [5.41, 5.74) is 8.96. The molecule has 3 fully saturated rings. The van der Waals surface area contributed by atoms with E-state index in [2.05, 4.69) is 24.4 Å². The number of piperidine rings is 1. The normalized spacial score (nSPS) is 22.7. The topological polar surface area (TPSA) is 102 Å². The third-order valence-electron chi connectivity index (χ3n) is 9.56.